The summed E-state index contributed by atoms with van der Waals surface area (Å²) in [5, 5.41) is 34.3. The number of aliphatic hydroxyl groups excluding tert-OH is 1. The van der Waals surface area contributed by atoms with Gasteiger partial charge in [-0.2, -0.15) is 5.11 Å². The Morgan fingerprint density at radius 1 is 0.376 bits per heavy atom. The highest BCUT2D eigenvalue weighted by Crippen LogP contribution is 2.24. The quantitative estimate of drug-likeness (QED) is 0.0190. The maximum absolute atomic E-state index is 12.8. The Kier molecular flexibility index (Phi) is 70.9. The van der Waals surface area contributed by atoms with Gasteiger partial charge in [0.15, 0.2) is 12.1 Å². The van der Waals surface area contributed by atoms with Crippen LogP contribution in [0.1, 0.15) is 93.2 Å². The van der Waals surface area contributed by atoms with Gasteiger partial charge < -0.3 is 65.2 Å². The number of nitrogens with zero attached hydrogens (tertiary/aromatic N) is 1. The first-order chi connectivity index (χ1) is 56.3. The van der Waals surface area contributed by atoms with Crippen molar-refractivity contribution in [3.63, 3.8) is 0 Å². The lowest BCUT2D eigenvalue weighted by atomic mass is 10.1. The molecule has 0 aliphatic rings. The largest absolute Gasteiger partial charge is 0.497 e. The number of ether oxygens (including phenoxy) is 6. The maximum Gasteiger partial charge on any atom is 0.408 e. The van der Waals surface area contributed by atoms with E-state index in [2.05, 4.69) is 31.7 Å². The summed E-state index contributed by atoms with van der Waals surface area (Å²) in [6.45, 7) is 10.5. The molecule has 0 heterocycles. The predicted molar refractivity (Wildman–Crippen MR) is 555 cm³/mol. The number of carboxylic acids is 1. The minimum Gasteiger partial charge on any atom is -0.497 e. The number of alkyl carbamates (subject to hydrolysis) is 2. The Labute approximate surface area is 781 Å². The third-order valence-corrected chi connectivity index (χ3v) is 71.6. The van der Waals surface area contributed by atoms with Crippen LogP contribution in [0.25, 0.3) is 0 Å². The number of carbonyl (C=O) groups is 7. The fraction of sp³-hybridized carbons (Fsp3) is 0.306. The van der Waals surface area contributed by atoms with E-state index in [1.54, 1.807) is 351 Å². The van der Waals surface area contributed by atoms with E-state index in [1.165, 1.54) is 42.6 Å². The van der Waals surface area contributed by atoms with Gasteiger partial charge in [-0.15, -0.1) is 0 Å². The molecule has 646 valence electrons. The molecule has 3 atom stereocenters. The summed E-state index contributed by atoms with van der Waals surface area (Å²) in [7, 11) is 53.6. The van der Waals surface area contributed by atoms with E-state index in [0.717, 1.165) is 16.7 Å². The van der Waals surface area contributed by atoms with Crippen LogP contribution in [-0.4, -0.2) is 97.7 Å². The number of methoxy groups -OCH3 is 3. The van der Waals surface area contributed by atoms with Crippen LogP contribution in [0.3, 0.4) is 0 Å². The summed E-state index contributed by atoms with van der Waals surface area (Å²) < 4.78 is 30.5. The number of nitrogens with one attached hydrogen (secondary N) is 6. The molecule has 0 saturated heterocycles. The zero-order valence-corrected chi connectivity index (χ0v) is 88.9. The second-order valence-corrected chi connectivity index (χ2v) is 73.1. The van der Waals surface area contributed by atoms with Crippen molar-refractivity contribution in [2.24, 2.45) is 5.11 Å². The monoisotopic (exact) mass is 2210 g/mol. The van der Waals surface area contributed by atoms with Crippen molar-refractivity contribution in [3.05, 3.63) is 197 Å². The number of carboxylic acid groups (broad SMARTS) is 1. The number of hydrogen-bond acceptors (Lipinski definition) is 20. The Morgan fingerprint density at radius 2 is 0.650 bits per heavy atom. The minimum absolute atomic E-state index is 0.278. The van der Waals surface area contributed by atoms with E-state index < -0.39 is 78.5 Å². The van der Waals surface area contributed by atoms with Crippen LogP contribution in [0.15, 0.2) is 169 Å². The number of amides is 5. The van der Waals surface area contributed by atoms with Crippen molar-refractivity contribution in [3.8, 4) is 17.2 Å². The zero-order chi connectivity index (χ0) is 86.6. The van der Waals surface area contributed by atoms with Crippen LogP contribution in [-0.2, 0) is 360 Å². The van der Waals surface area contributed by atoms with E-state index in [-0.39, 0.29) is 12.5 Å². The van der Waals surface area contributed by atoms with Crippen LogP contribution in [0, 0.1) is 5.53 Å². The molecule has 22 nitrogen and oxygen atoms in total. The van der Waals surface area contributed by atoms with Crippen LogP contribution in [0.4, 0.5) is 9.59 Å². The van der Waals surface area contributed by atoms with Gasteiger partial charge in [0.2, 0.25) is 6.10 Å². The number of aliphatic hydroxyl groups is 1. The molecule has 0 fully saturated rings. The van der Waals surface area contributed by atoms with Crippen molar-refractivity contribution >= 4 is 344 Å². The SMILES string of the molecule is CC(C)(C)OC(=O)NCC(=O)O.COc1ccc(C(N=N)C(=O)NCc2ccccc2)cc1.COc1ccc(C(O)C(=O)NCc2ccccc2)cc1.COc1ccc(C(OC(=O)CNC(=O)OC(C)(C)C)C(=O)NCc2ccccc2)cc1.S=S=S=S=S=S=S=S=S=S=S=S=S=S=S=S.S=S=S=S=S=S=S=S=S=S=S=S=S=S=S=S=S. The molecular formula is C62H75N7O15S33. The van der Waals surface area contributed by atoms with Gasteiger partial charge in [0.1, 0.15) is 41.5 Å². The molecule has 5 amide bonds. The summed E-state index contributed by atoms with van der Waals surface area (Å²) in [5.74, 6) is -1.08. The normalized spacial score (nSPS) is 10.3. The lowest BCUT2D eigenvalue weighted by Gasteiger charge is -2.20. The van der Waals surface area contributed by atoms with Crippen LogP contribution in [0.5, 0.6) is 17.2 Å². The van der Waals surface area contributed by atoms with Crippen LogP contribution in [0.2, 0.25) is 0 Å². The second kappa shape index (κ2) is 73.8. The summed E-state index contributed by atoms with van der Waals surface area (Å²) in [5.41, 5.74) is 10.5. The molecule has 0 aromatic heterocycles. The van der Waals surface area contributed by atoms with Gasteiger partial charge >= 0.3 is 24.1 Å². The first-order valence-electron chi connectivity index (χ1n) is 31.4. The highest BCUT2D eigenvalue weighted by atomic mass is 33.5. The summed E-state index contributed by atoms with van der Waals surface area (Å²) >= 11 is 18.9. The molecule has 0 bridgehead atoms. The minimum atomic E-state index is -1.19. The van der Waals surface area contributed by atoms with Crippen LogP contribution < -0.4 is 40.8 Å². The maximum atomic E-state index is 12.8. The van der Waals surface area contributed by atoms with E-state index >= 15 is 0 Å². The van der Waals surface area contributed by atoms with Gasteiger partial charge in [-0.25, -0.2) is 15.1 Å². The fourth-order valence-electron chi connectivity index (χ4n) is 7.08. The molecule has 0 spiro atoms. The Balaban J connectivity index is 0.000000720. The smallest absolute Gasteiger partial charge is 0.408 e. The molecule has 55 heteroatoms. The molecule has 0 aliphatic carbocycles. The van der Waals surface area contributed by atoms with Gasteiger partial charge in [0.25, 0.3) is 17.7 Å². The van der Waals surface area contributed by atoms with E-state index in [4.69, 9.17) is 83.8 Å². The molecule has 0 aliphatic heterocycles. The first-order valence-corrected chi connectivity index (χ1v) is 72.7. The molecule has 3 unspecified atom stereocenters. The summed E-state index contributed by atoms with van der Waals surface area (Å²) in [6, 6.07) is 48.0. The highest BCUT2D eigenvalue weighted by molar-refractivity contribution is 8.78. The van der Waals surface area contributed by atoms with Crippen molar-refractivity contribution in [2.75, 3.05) is 34.4 Å². The molecule has 6 rings (SSSR count). The van der Waals surface area contributed by atoms with Gasteiger partial charge in [0, 0.05) is 327 Å². The van der Waals surface area contributed by atoms with Crippen molar-refractivity contribution in [2.45, 2.75) is 90.6 Å². The fourth-order valence-corrected chi connectivity index (χ4v) is 75.7. The Bertz CT molecular complexity index is 5510. The topological polar surface area (TPSA) is 312 Å². The van der Waals surface area contributed by atoms with E-state index in [0.29, 0.717) is 47.0 Å². The Morgan fingerprint density at radius 3 is 0.932 bits per heavy atom. The number of esters is 1. The summed E-state index contributed by atoms with van der Waals surface area (Å²) in [4.78, 5) is 81.6. The van der Waals surface area contributed by atoms with Gasteiger partial charge in [0.05, 0.1) is 21.3 Å². The molecule has 0 saturated carbocycles. The molecule has 0 radical (unpaired) electrons. The van der Waals surface area contributed by atoms with Crippen LogP contribution >= 0.6 is 0 Å². The number of aliphatic carboxylic acids is 1. The molecule has 6 aromatic carbocycles. The first kappa shape index (κ1) is 112. The second-order valence-electron chi connectivity index (χ2n) is 21.8. The van der Waals surface area contributed by atoms with E-state index in [1.807, 2.05) is 91.0 Å². The lowest BCUT2D eigenvalue weighted by Crippen LogP contribution is -2.38. The molecule has 117 heavy (non-hydrogen) atoms. The zero-order valence-electron chi connectivity index (χ0n) is 62.0. The average molecular weight is 2220 g/mol. The molecule has 8 N–H and O–H groups in total. The summed E-state index contributed by atoms with van der Waals surface area (Å²) in [6.07, 6.45) is -3.84. The lowest BCUT2D eigenvalue weighted by molar-refractivity contribution is -0.155. The van der Waals surface area contributed by atoms with Gasteiger partial charge in [-0.3, -0.25) is 24.0 Å². The third-order valence-electron chi connectivity index (χ3n) is 11.6. The van der Waals surface area contributed by atoms with Crippen molar-refractivity contribution in [1.29, 1.82) is 5.53 Å². The van der Waals surface area contributed by atoms with E-state index in [9.17, 15) is 38.7 Å². The number of hydrogen-bond donors (Lipinski definition) is 8. The average Bonchev–Trinajstić information content (AvgIpc) is 0.852. The number of benzene rings is 6. The van der Waals surface area contributed by atoms with Gasteiger partial charge in [-0.05, 0) is 106 Å². The number of rotatable bonds is 21. The Hall–Kier alpha value is -2.57. The molecule has 6 aromatic rings. The predicted octanol–water partition coefficient (Wildman–Crippen LogP) is 8.77. The molecular weight excluding hydrogens is 2140 g/mol. The van der Waals surface area contributed by atoms with Gasteiger partial charge in [-0.1, -0.05) is 127 Å². The highest BCUT2D eigenvalue weighted by Gasteiger charge is 2.27. The van der Waals surface area contributed by atoms with Crippen molar-refractivity contribution in [1.82, 2.24) is 26.6 Å². The third kappa shape index (κ3) is 63.1. The number of carbonyl (C=O) groups excluding carboxylic acids is 6. The standard InChI is InChI=1S/C23H28N2O6.C16H17N3O2.C16H17NO3.C7H13NO4.S17.S16/c1-23(2,3)31-22(28)25-15-19(26)30-20(17-10-12-18(29-4)13-11-17)21(27)24-14-16-8-6-5-7-9-16;1-21-14-9-7-13(8-10-14)15(19-17)16(20)18-11-12-5-3-2-4-6-12;1-20-14-9-7-13(8-10-14)15(18)16(19)17-11-12-5-3-2-4-6-12;1-7(2,3)12-6(11)8-4-5(9)10;1-3-5-7-9-11-13-15-17-16-14-12-10-8-6-4-2;1-3-5-7-9-11-13-15-16-14-12-10-8-6-4-2/h5-13,20H,14-15H2,1-4H3,(H,24,27)(H,25,28);2-10,15,17H,11H2,1H3,(H,18,20);2-10,15,18H,11H2,1H3,(H,17,19);4H2,1-3H3,(H,8,11)(H,9,10);;. The van der Waals surface area contributed by atoms with Crippen molar-refractivity contribution < 1.29 is 72.2 Å².